The smallest absolute Gasteiger partial charge is 0.231 e. The number of likely N-dealkylation sites (tertiary alicyclic amines) is 1. The van der Waals surface area contributed by atoms with Crippen LogP contribution in [0.15, 0.2) is 30.5 Å². The Kier molecular flexibility index (Phi) is 4.62. The van der Waals surface area contributed by atoms with Gasteiger partial charge in [0.15, 0.2) is 5.13 Å². The first-order valence-corrected chi connectivity index (χ1v) is 8.52. The molecule has 0 aliphatic carbocycles. The molecule has 2 heterocycles. The van der Waals surface area contributed by atoms with Gasteiger partial charge in [-0.3, -0.25) is 9.59 Å². The number of rotatable bonds is 3. The van der Waals surface area contributed by atoms with Crippen LogP contribution in [0.3, 0.4) is 0 Å². The number of piperidine rings is 1. The number of hydrogen-bond acceptors (Lipinski definition) is 4. The molecular weight excluding hydrogens is 329 g/mol. The normalized spacial score (nSPS) is 21.0. The van der Waals surface area contributed by atoms with Crippen molar-refractivity contribution in [2.75, 3.05) is 12.4 Å². The zero-order valence-electron chi connectivity index (χ0n) is 13.5. The molecular formula is C17H18FN3O2S. The van der Waals surface area contributed by atoms with Gasteiger partial charge in [0.25, 0.3) is 0 Å². The fraction of sp³-hybridized carbons (Fsp3) is 0.353. The third-order valence-corrected chi connectivity index (χ3v) is 5.10. The summed E-state index contributed by atoms with van der Waals surface area (Å²) in [5, 5.41) is 3.31. The summed E-state index contributed by atoms with van der Waals surface area (Å²) in [6, 6.07) is 5.67. The summed E-state index contributed by atoms with van der Waals surface area (Å²) in [5.41, 5.74) is 0.364. The summed E-state index contributed by atoms with van der Waals surface area (Å²) in [6.45, 7) is 1.91. The predicted octanol–water partition coefficient (Wildman–Crippen LogP) is 3.14. The first-order chi connectivity index (χ1) is 11.5. The second-order valence-electron chi connectivity index (χ2n) is 5.88. The molecule has 1 fully saturated rings. The number of benzene rings is 1. The molecule has 1 N–H and O–H groups in total. The fourth-order valence-corrected chi connectivity index (χ4v) is 3.73. The number of carbonyl (C=O) groups excluding carboxylic acids is 2. The number of aromatic nitrogens is 1. The van der Waals surface area contributed by atoms with Gasteiger partial charge in [0.05, 0.1) is 12.0 Å². The molecule has 126 valence electrons. The predicted molar refractivity (Wildman–Crippen MR) is 90.1 cm³/mol. The zero-order valence-corrected chi connectivity index (χ0v) is 14.3. The lowest BCUT2D eigenvalue weighted by atomic mass is 9.84. The van der Waals surface area contributed by atoms with Gasteiger partial charge in [-0.15, -0.1) is 11.3 Å². The van der Waals surface area contributed by atoms with Gasteiger partial charge in [0, 0.05) is 30.1 Å². The molecule has 0 radical (unpaired) electrons. The SMILES string of the molecule is Cc1cnc(NC(=O)[C@H]2CCC(=O)N(C)[C@H]2c2ccccc2F)s1. The molecule has 1 saturated heterocycles. The molecule has 1 aliphatic rings. The summed E-state index contributed by atoms with van der Waals surface area (Å²) < 4.78 is 14.3. The molecule has 1 aromatic heterocycles. The highest BCUT2D eigenvalue weighted by Crippen LogP contribution is 2.37. The number of anilines is 1. The monoisotopic (exact) mass is 347 g/mol. The van der Waals surface area contributed by atoms with Crippen molar-refractivity contribution in [3.63, 3.8) is 0 Å². The molecule has 1 aliphatic heterocycles. The van der Waals surface area contributed by atoms with E-state index in [1.165, 1.54) is 22.3 Å². The highest BCUT2D eigenvalue weighted by Gasteiger charge is 2.40. The lowest BCUT2D eigenvalue weighted by Crippen LogP contribution is -2.44. The number of nitrogens with zero attached hydrogens (tertiary/aromatic N) is 2. The zero-order chi connectivity index (χ0) is 17.3. The van der Waals surface area contributed by atoms with Gasteiger partial charge in [0.1, 0.15) is 5.82 Å². The molecule has 3 rings (SSSR count). The minimum Gasteiger partial charge on any atom is -0.338 e. The Morgan fingerprint density at radius 3 is 2.83 bits per heavy atom. The van der Waals surface area contributed by atoms with Crippen LogP contribution in [0.2, 0.25) is 0 Å². The molecule has 2 atom stereocenters. The summed E-state index contributed by atoms with van der Waals surface area (Å²) in [6.07, 6.45) is 2.35. The van der Waals surface area contributed by atoms with Crippen LogP contribution >= 0.6 is 11.3 Å². The second kappa shape index (κ2) is 6.68. The second-order valence-corrected chi connectivity index (χ2v) is 7.12. The van der Waals surface area contributed by atoms with E-state index in [1.807, 2.05) is 6.92 Å². The van der Waals surface area contributed by atoms with E-state index >= 15 is 0 Å². The van der Waals surface area contributed by atoms with Crippen LogP contribution in [0, 0.1) is 18.7 Å². The molecule has 0 unspecified atom stereocenters. The summed E-state index contributed by atoms with van der Waals surface area (Å²) in [4.78, 5) is 31.4. The first kappa shape index (κ1) is 16.6. The van der Waals surface area contributed by atoms with Crippen LogP contribution in [0.5, 0.6) is 0 Å². The summed E-state index contributed by atoms with van der Waals surface area (Å²) in [7, 11) is 1.62. The van der Waals surface area contributed by atoms with E-state index in [-0.39, 0.29) is 18.2 Å². The van der Waals surface area contributed by atoms with E-state index in [1.54, 1.807) is 31.4 Å². The summed E-state index contributed by atoms with van der Waals surface area (Å²) >= 11 is 1.38. The van der Waals surface area contributed by atoms with Crippen LogP contribution < -0.4 is 5.32 Å². The number of aryl methyl sites for hydroxylation is 1. The van der Waals surface area contributed by atoms with Gasteiger partial charge in [-0.1, -0.05) is 18.2 Å². The average molecular weight is 347 g/mol. The first-order valence-electron chi connectivity index (χ1n) is 7.70. The third kappa shape index (κ3) is 3.17. The van der Waals surface area contributed by atoms with Gasteiger partial charge in [-0.2, -0.15) is 0 Å². The molecule has 0 spiro atoms. The Morgan fingerprint density at radius 2 is 2.17 bits per heavy atom. The van der Waals surface area contributed by atoms with E-state index in [4.69, 9.17) is 0 Å². The third-order valence-electron chi connectivity index (χ3n) is 4.27. The van der Waals surface area contributed by atoms with Crippen molar-refractivity contribution in [3.8, 4) is 0 Å². The van der Waals surface area contributed by atoms with Gasteiger partial charge in [0.2, 0.25) is 11.8 Å². The lowest BCUT2D eigenvalue weighted by molar-refractivity contribution is -0.140. The van der Waals surface area contributed by atoms with Crippen LogP contribution in [-0.2, 0) is 9.59 Å². The molecule has 24 heavy (non-hydrogen) atoms. The number of nitrogens with one attached hydrogen (secondary N) is 1. The highest BCUT2D eigenvalue weighted by molar-refractivity contribution is 7.15. The van der Waals surface area contributed by atoms with E-state index in [0.29, 0.717) is 17.1 Å². The number of hydrogen-bond donors (Lipinski definition) is 1. The number of carbonyl (C=O) groups is 2. The fourth-order valence-electron chi connectivity index (χ4n) is 3.06. The Hall–Kier alpha value is -2.28. The minimum atomic E-state index is -0.617. The van der Waals surface area contributed by atoms with Crippen molar-refractivity contribution < 1.29 is 14.0 Å². The Balaban J connectivity index is 1.90. The molecule has 0 saturated carbocycles. The van der Waals surface area contributed by atoms with Crippen LogP contribution in [0.4, 0.5) is 9.52 Å². The largest absolute Gasteiger partial charge is 0.338 e. The van der Waals surface area contributed by atoms with E-state index in [9.17, 15) is 14.0 Å². The van der Waals surface area contributed by atoms with Crippen molar-refractivity contribution in [2.24, 2.45) is 5.92 Å². The van der Waals surface area contributed by atoms with Crippen molar-refractivity contribution in [1.29, 1.82) is 0 Å². The molecule has 0 bridgehead atoms. The van der Waals surface area contributed by atoms with E-state index in [0.717, 1.165) is 4.88 Å². The van der Waals surface area contributed by atoms with Gasteiger partial charge in [-0.05, 0) is 19.4 Å². The van der Waals surface area contributed by atoms with Gasteiger partial charge in [-0.25, -0.2) is 9.37 Å². The molecule has 7 heteroatoms. The molecule has 5 nitrogen and oxygen atoms in total. The van der Waals surface area contributed by atoms with Gasteiger partial charge < -0.3 is 10.2 Å². The molecule has 2 amide bonds. The Bertz CT molecular complexity index is 777. The van der Waals surface area contributed by atoms with Gasteiger partial charge >= 0.3 is 0 Å². The standard InChI is InChI=1S/C17H18FN3O2S/c1-10-9-19-17(24-10)20-16(23)12-7-8-14(22)21(2)15(12)11-5-3-4-6-13(11)18/h3-6,9,12,15H,7-8H2,1-2H3,(H,19,20,23)/t12-,15-/m0/s1. The topological polar surface area (TPSA) is 62.3 Å². The highest BCUT2D eigenvalue weighted by atomic mass is 32.1. The maximum Gasteiger partial charge on any atom is 0.231 e. The number of halogens is 1. The van der Waals surface area contributed by atoms with Crippen molar-refractivity contribution in [2.45, 2.75) is 25.8 Å². The number of amides is 2. The maximum atomic E-state index is 14.3. The molecule has 1 aromatic carbocycles. The minimum absolute atomic E-state index is 0.0857. The van der Waals surface area contributed by atoms with Crippen LogP contribution in [0.25, 0.3) is 0 Å². The summed E-state index contributed by atoms with van der Waals surface area (Å²) in [5.74, 6) is -1.25. The lowest BCUT2D eigenvalue weighted by Gasteiger charge is -2.38. The Labute approximate surface area is 143 Å². The average Bonchev–Trinajstić information content (AvgIpc) is 2.95. The quantitative estimate of drug-likeness (QED) is 0.928. The van der Waals surface area contributed by atoms with Crippen molar-refractivity contribution in [1.82, 2.24) is 9.88 Å². The number of thiazole rings is 1. The maximum absolute atomic E-state index is 14.3. The van der Waals surface area contributed by atoms with Crippen LogP contribution in [-0.4, -0.2) is 28.7 Å². The van der Waals surface area contributed by atoms with E-state index in [2.05, 4.69) is 10.3 Å². The molecule has 2 aromatic rings. The van der Waals surface area contributed by atoms with Crippen molar-refractivity contribution >= 4 is 28.3 Å². The Morgan fingerprint density at radius 1 is 1.42 bits per heavy atom. The van der Waals surface area contributed by atoms with Crippen LogP contribution in [0.1, 0.15) is 29.3 Å². The van der Waals surface area contributed by atoms with Crippen molar-refractivity contribution in [3.05, 3.63) is 46.7 Å². The van der Waals surface area contributed by atoms with E-state index < -0.39 is 17.8 Å².